The lowest BCUT2D eigenvalue weighted by molar-refractivity contribution is 1.10. The van der Waals surface area contributed by atoms with E-state index < -0.39 is 0 Å². The van der Waals surface area contributed by atoms with Crippen LogP contribution in [-0.4, -0.2) is 9.97 Å². The zero-order valence-electron chi connectivity index (χ0n) is 8.82. The fourth-order valence-corrected chi connectivity index (χ4v) is 2.27. The van der Waals surface area contributed by atoms with Crippen LogP contribution in [0.4, 0.5) is 0 Å². The van der Waals surface area contributed by atoms with Crippen LogP contribution in [0.1, 0.15) is 16.3 Å². The van der Waals surface area contributed by atoms with Crippen molar-refractivity contribution >= 4 is 11.3 Å². The van der Waals surface area contributed by atoms with Gasteiger partial charge in [-0.3, -0.25) is 4.98 Å². The summed E-state index contributed by atoms with van der Waals surface area (Å²) >= 11 is 1.64. The molecule has 0 saturated carbocycles. The summed E-state index contributed by atoms with van der Waals surface area (Å²) in [6.07, 6.45) is 1.84. The number of nitrogens with two attached hydrogens (primary N) is 1. The number of hydrogen-bond donors (Lipinski definition) is 1. The minimum atomic E-state index is 0.556. The second kappa shape index (κ2) is 4.08. The Morgan fingerprint density at radius 1 is 1.27 bits per heavy atom. The van der Waals surface area contributed by atoms with Crippen LogP contribution < -0.4 is 5.73 Å². The van der Waals surface area contributed by atoms with Crippen LogP contribution in [0.3, 0.4) is 0 Å². The van der Waals surface area contributed by atoms with E-state index in [0.29, 0.717) is 6.54 Å². The van der Waals surface area contributed by atoms with Crippen molar-refractivity contribution in [1.82, 2.24) is 9.97 Å². The third kappa shape index (κ3) is 2.22. The van der Waals surface area contributed by atoms with E-state index in [4.69, 9.17) is 5.73 Å². The summed E-state index contributed by atoms with van der Waals surface area (Å²) in [6.45, 7) is 4.54. The van der Waals surface area contributed by atoms with Crippen molar-refractivity contribution in [3.05, 3.63) is 34.6 Å². The van der Waals surface area contributed by atoms with Gasteiger partial charge in [0.2, 0.25) is 0 Å². The molecule has 0 atom stereocenters. The first kappa shape index (κ1) is 10.3. The molecule has 0 aliphatic carbocycles. The molecule has 3 nitrogen and oxygen atoms in total. The van der Waals surface area contributed by atoms with Gasteiger partial charge in [0.15, 0.2) is 0 Å². The SMILES string of the molecule is Cc1cc(-c2ncc(CN)s2)cc(C)n1. The number of nitrogens with zero attached hydrogens (tertiary/aromatic N) is 2. The minimum Gasteiger partial charge on any atom is -0.326 e. The van der Waals surface area contributed by atoms with E-state index in [-0.39, 0.29) is 0 Å². The van der Waals surface area contributed by atoms with Gasteiger partial charge >= 0.3 is 0 Å². The van der Waals surface area contributed by atoms with Gasteiger partial charge < -0.3 is 5.73 Å². The molecule has 15 heavy (non-hydrogen) atoms. The molecule has 0 aliphatic heterocycles. The number of aromatic nitrogens is 2. The molecular formula is C11H13N3S. The Bertz CT molecular complexity index is 456. The van der Waals surface area contributed by atoms with Crippen LogP contribution in [0, 0.1) is 13.8 Å². The molecule has 4 heteroatoms. The highest BCUT2D eigenvalue weighted by Gasteiger charge is 2.05. The molecule has 0 fully saturated rings. The smallest absolute Gasteiger partial charge is 0.123 e. The maximum Gasteiger partial charge on any atom is 0.123 e. The molecule has 0 aliphatic rings. The van der Waals surface area contributed by atoms with Gasteiger partial charge in [-0.05, 0) is 26.0 Å². The molecule has 0 radical (unpaired) electrons. The number of hydrogen-bond acceptors (Lipinski definition) is 4. The molecule has 2 rings (SSSR count). The predicted molar refractivity (Wildman–Crippen MR) is 62.7 cm³/mol. The summed E-state index contributed by atoms with van der Waals surface area (Å²) in [7, 11) is 0. The maximum atomic E-state index is 5.56. The zero-order chi connectivity index (χ0) is 10.8. The van der Waals surface area contributed by atoms with Crippen LogP contribution in [0.15, 0.2) is 18.3 Å². The van der Waals surface area contributed by atoms with Gasteiger partial charge in [-0.1, -0.05) is 0 Å². The van der Waals surface area contributed by atoms with Crippen LogP contribution in [0.25, 0.3) is 10.6 Å². The monoisotopic (exact) mass is 219 g/mol. The minimum absolute atomic E-state index is 0.556. The van der Waals surface area contributed by atoms with Crippen LogP contribution in [0.2, 0.25) is 0 Å². The average molecular weight is 219 g/mol. The number of pyridine rings is 1. The Balaban J connectivity index is 2.44. The summed E-state index contributed by atoms with van der Waals surface area (Å²) in [5.74, 6) is 0. The molecule has 2 aromatic rings. The third-order valence-electron chi connectivity index (χ3n) is 2.08. The molecule has 2 aromatic heterocycles. The van der Waals surface area contributed by atoms with E-state index in [1.165, 1.54) is 0 Å². The highest BCUT2D eigenvalue weighted by molar-refractivity contribution is 7.15. The van der Waals surface area contributed by atoms with Gasteiger partial charge in [-0.25, -0.2) is 4.98 Å². The number of thiazole rings is 1. The number of rotatable bonds is 2. The van der Waals surface area contributed by atoms with Crippen molar-refractivity contribution < 1.29 is 0 Å². The zero-order valence-corrected chi connectivity index (χ0v) is 9.64. The van der Waals surface area contributed by atoms with Crippen molar-refractivity contribution in [2.75, 3.05) is 0 Å². The molecular weight excluding hydrogens is 206 g/mol. The summed E-state index contributed by atoms with van der Waals surface area (Å²) in [4.78, 5) is 9.80. The second-order valence-corrected chi connectivity index (χ2v) is 4.59. The molecule has 0 amide bonds. The van der Waals surface area contributed by atoms with Crippen LogP contribution in [-0.2, 0) is 6.54 Å². The number of aryl methyl sites for hydroxylation is 2. The first-order chi connectivity index (χ1) is 7.19. The Morgan fingerprint density at radius 3 is 2.47 bits per heavy atom. The topological polar surface area (TPSA) is 51.8 Å². The van der Waals surface area contributed by atoms with Gasteiger partial charge in [0.05, 0.1) is 0 Å². The fraction of sp³-hybridized carbons (Fsp3) is 0.273. The summed E-state index contributed by atoms with van der Waals surface area (Å²) in [6, 6.07) is 4.10. The molecule has 2 N–H and O–H groups in total. The van der Waals surface area contributed by atoms with E-state index in [2.05, 4.69) is 9.97 Å². The quantitative estimate of drug-likeness (QED) is 0.843. The Labute approximate surface area is 93.0 Å². The van der Waals surface area contributed by atoms with Crippen molar-refractivity contribution in [2.45, 2.75) is 20.4 Å². The molecule has 0 aromatic carbocycles. The first-order valence-electron chi connectivity index (χ1n) is 4.79. The van der Waals surface area contributed by atoms with E-state index in [0.717, 1.165) is 26.8 Å². The maximum absolute atomic E-state index is 5.56. The highest BCUT2D eigenvalue weighted by atomic mass is 32.1. The average Bonchev–Trinajstić information content (AvgIpc) is 2.64. The lowest BCUT2D eigenvalue weighted by atomic mass is 10.2. The van der Waals surface area contributed by atoms with Gasteiger partial charge in [0, 0.05) is 34.6 Å². The van der Waals surface area contributed by atoms with Gasteiger partial charge in [-0.2, -0.15) is 0 Å². The first-order valence-corrected chi connectivity index (χ1v) is 5.61. The van der Waals surface area contributed by atoms with Crippen molar-refractivity contribution in [1.29, 1.82) is 0 Å². The Morgan fingerprint density at radius 2 is 1.93 bits per heavy atom. The van der Waals surface area contributed by atoms with E-state index in [1.807, 2.05) is 32.2 Å². The predicted octanol–water partition coefficient (Wildman–Crippen LogP) is 2.28. The molecule has 0 unspecified atom stereocenters. The van der Waals surface area contributed by atoms with Gasteiger partial charge in [-0.15, -0.1) is 11.3 Å². The lowest BCUT2D eigenvalue weighted by Gasteiger charge is -2.00. The van der Waals surface area contributed by atoms with Gasteiger partial charge in [0.25, 0.3) is 0 Å². The largest absolute Gasteiger partial charge is 0.326 e. The van der Waals surface area contributed by atoms with Crippen LogP contribution in [0.5, 0.6) is 0 Å². The molecule has 0 spiro atoms. The summed E-state index contributed by atoms with van der Waals surface area (Å²) < 4.78 is 0. The summed E-state index contributed by atoms with van der Waals surface area (Å²) in [5.41, 5.74) is 8.73. The molecule has 2 heterocycles. The third-order valence-corrected chi connectivity index (χ3v) is 3.15. The molecule has 0 saturated heterocycles. The van der Waals surface area contributed by atoms with E-state index >= 15 is 0 Å². The standard InChI is InChI=1S/C11H13N3S/c1-7-3-9(4-8(2)14-7)11-13-6-10(5-12)15-11/h3-4,6H,5,12H2,1-2H3. The highest BCUT2D eigenvalue weighted by Crippen LogP contribution is 2.25. The van der Waals surface area contributed by atoms with Crippen molar-refractivity contribution in [2.24, 2.45) is 5.73 Å². The fourth-order valence-electron chi connectivity index (χ4n) is 1.49. The van der Waals surface area contributed by atoms with E-state index in [9.17, 15) is 0 Å². The van der Waals surface area contributed by atoms with Gasteiger partial charge in [0.1, 0.15) is 5.01 Å². The lowest BCUT2D eigenvalue weighted by Crippen LogP contribution is -1.91. The normalized spacial score (nSPS) is 10.6. The van der Waals surface area contributed by atoms with E-state index in [1.54, 1.807) is 11.3 Å². The van der Waals surface area contributed by atoms with Crippen molar-refractivity contribution in [3.8, 4) is 10.6 Å². The molecule has 78 valence electrons. The van der Waals surface area contributed by atoms with Crippen LogP contribution >= 0.6 is 11.3 Å². The second-order valence-electron chi connectivity index (χ2n) is 3.47. The Kier molecular flexibility index (Phi) is 2.79. The molecule has 0 bridgehead atoms. The summed E-state index contributed by atoms with van der Waals surface area (Å²) in [5, 5.41) is 1.02. The van der Waals surface area contributed by atoms with Crippen molar-refractivity contribution in [3.63, 3.8) is 0 Å². The Hall–Kier alpha value is -1.26.